The molecule has 4 heteroatoms. The van der Waals surface area contributed by atoms with Crippen LogP contribution >= 0.6 is 0 Å². The van der Waals surface area contributed by atoms with Crippen LogP contribution in [0.5, 0.6) is 0 Å². The Bertz CT molecular complexity index is 491. The largest absolute Gasteiger partial charge is 0.368 e. The average Bonchev–Trinajstić information content (AvgIpc) is 2.46. The molecule has 0 saturated carbocycles. The van der Waals surface area contributed by atoms with E-state index in [9.17, 15) is 4.79 Å². The van der Waals surface area contributed by atoms with Gasteiger partial charge in [-0.05, 0) is 38.3 Å². The lowest BCUT2D eigenvalue weighted by Gasteiger charge is -2.38. The number of para-hydroxylation sites is 1. The number of carbonyl (C=O) groups is 1. The maximum Gasteiger partial charge on any atom is 0.317 e. The Morgan fingerprint density at radius 3 is 2.48 bits per heavy atom. The fourth-order valence-electron chi connectivity index (χ4n) is 2.93. The first kappa shape index (κ1) is 15.7. The van der Waals surface area contributed by atoms with E-state index in [0.717, 1.165) is 32.6 Å². The Balaban J connectivity index is 2.03. The molecule has 0 spiro atoms. The van der Waals surface area contributed by atoms with Crippen LogP contribution in [-0.4, -0.2) is 43.2 Å². The fourth-order valence-corrected chi connectivity index (χ4v) is 2.93. The highest BCUT2D eigenvalue weighted by molar-refractivity contribution is 5.75. The molecule has 0 bridgehead atoms. The molecule has 1 heterocycles. The summed E-state index contributed by atoms with van der Waals surface area (Å²) in [6.07, 6.45) is 1.05. The highest BCUT2D eigenvalue weighted by atomic mass is 16.2. The van der Waals surface area contributed by atoms with E-state index in [1.165, 1.54) is 16.8 Å². The molecule has 4 nitrogen and oxygen atoms in total. The van der Waals surface area contributed by atoms with Crippen LogP contribution in [-0.2, 0) is 6.42 Å². The molecular weight excluding hydrogens is 262 g/mol. The van der Waals surface area contributed by atoms with E-state index in [2.05, 4.69) is 42.3 Å². The van der Waals surface area contributed by atoms with Gasteiger partial charge in [0, 0.05) is 37.9 Å². The van der Waals surface area contributed by atoms with E-state index in [-0.39, 0.29) is 12.1 Å². The Morgan fingerprint density at radius 1 is 1.24 bits per heavy atom. The van der Waals surface area contributed by atoms with Crippen LogP contribution < -0.4 is 10.2 Å². The first-order valence-corrected chi connectivity index (χ1v) is 7.91. The number of piperazine rings is 1. The van der Waals surface area contributed by atoms with Gasteiger partial charge >= 0.3 is 6.03 Å². The Morgan fingerprint density at radius 2 is 1.90 bits per heavy atom. The summed E-state index contributed by atoms with van der Waals surface area (Å²) in [5.41, 5.74) is 4.09. The van der Waals surface area contributed by atoms with Gasteiger partial charge in [0.15, 0.2) is 0 Å². The van der Waals surface area contributed by atoms with Crippen molar-refractivity contribution in [1.29, 1.82) is 0 Å². The first-order chi connectivity index (χ1) is 10.0. The second-order valence-corrected chi connectivity index (χ2v) is 6.01. The molecule has 0 aliphatic carbocycles. The highest BCUT2D eigenvalue weighted by Gasteiger charge is 2.23. The lowest BCUT2D eigenvalue weighted by atomic mass is 10.0. The summed E-state index contributed by atoms with van der Waals surface area (Å²) in [5.74, 6) is 0. The monoisotopic (exact) mass is 289 g/mol. The SMILES string of the molecule is CCc1cccc(C)c1N1CCN(C(=O)NC(C)C)CC1. The molecule has 1 aromatic carbocycles. The Labute approximate surface area is 128 Å². The summed E-state index contributed by atoms with van der Waals surface area (Å²) in [4.78, 5) is 16.4. The van der Waals surface area contributed by atoms with E-state index >= 15 is 0 Å². The number of benzene rings is 1. The molecule has 1 aliphatic heterocycles. The second kappa shape index (κ2) is 6.83. The third-order valence-electron chi connectivity index (χ3n) is 4.00. The Kier molecular flexibility index (Phi) is 5.10. The lowest BCUT2D eigenvalue weighted by molar-refractivity contribution is 0.192. The van der Waals surface area contributed by atoms with Gasteiger partial charge in [-0.1, -0.05) is 25.1 Å². The number of hydrogen-bond acceptors (Lipinski definition) is 2. The van der Waals surface area contributed by atoms with Crippen molar-refractivity contribution in [3.8, 4) is 0 Å². The van der Waals surface area contributed by atoms with Gasteiger partial charge < -0.3 is 15.1 Å². The van der Waals surface area contributed by atoms with Crippen LogP contribution in [0.15, 0.2) is 18.2 Å². The van der Waals surface area contributed by atoms with Gasteiger partial charge in [0.05, 0.1) is 0 Å². The summed E-state index contributed by atoms with van der Waals surface area (Å²) >= 11 is 0. The van der Waals surface area contributed by atoms with E-state index in [1.54, 1.807) is 0 Å². The number of amides is 2. The number of aryl methyl sites for hydroxylation is 2. The molecule has 2 amide bonds. The third kappa shape index (κ3) is 3.69. The summed E-state index contributed by atoms with van der Waals surface area (Å²) < 4.78 is 0. The van der Waals surface area contributed by atoms with Crippen LogP contribution in [0.1, 0.15) is 31.9 Å². The van der Waals surface area contributed by atoms with Gasteiger partial charge in [-0.2, -0.15) is 0 Å². The zero-order valence-corrected chi connectivity index (χ0v) is 13.6. The normalized spacial score (nSPS) is 15.5. The summed E-state index contributed by atoms with van der Waals surface area (Å²) in [5, 5.41) is 2.97. The van der Waals surface area contributed by atoms with Crippen molar-refractivity contribution in [3.63, 3.8) is 0 Å². The molecule has 0 radical (unpaired) electrons. The number of hydrogen-bond donors (Lipinski definition) is 1. The predicted octanol–water partition coefficient (Wildman–Crippen LogP) is 2.80. The summed E-state index contributed by atoms with van der Waals surface area (Å²) in [6, 6.07) is 6.76. The molecule has 1 aliphatic rings. The maximum absolute atomic E-state index is 12.0. The molecular formula is C17H27N3O. The minimum absolute atomic E-state index is 0.0603. The van der Waals surface area contributed by atoms with Crippen molar-refractivity contribution in [2.75, 3.05) is 31.1 Å². The number of anilines is 1. The van der Waals surface area contributed by atoms with Crippen molar-refractivity contribution >= 4 is 11.7 Å². The molecule has 1 fully saturated rings. The Hall–Kier alpha value is -1.71. The van der Waals surface area contributed by atoms with E-state index in [1.807, 2.05) is 18.7 Å². The third-order valence-corrected chi connectivity index (χ3v) is 4.00. The van der Waals surface area contributed by atoms with Gasteiger partial charge in [-0.25, -0.2) is 4.79 Å². The molecule has 2 rings (SSSR count). The van der Waals surface area contributed by atoms with Crippen LogP contribution in [0.2, 0.25) is 0 Å². The molecule has 116 valence electrons. The van der Waals surface area contributed by atoms with Crippen molar-refractivity contribution in [2.24, 2.45) is 0 Å². The maximum atomic E-state index is 12.0. The van der Waals surface area contributed by atoms with Crippen molar-refractivity contribution in [1.82, 2.24) is 10.2 Å². The van der Waals surface area contributed by atoms with Gasteiger partial charge in [0.25, 0.3) is 0 Å². The van der Waals surface area contributed by atoms with Crippen molar-refractivity contribution in [3.05, 3.63) is 29.3 Å². The van der Waals surface area contributed by atoms with Crippen LogP contribution in [0.3, 0.4) is 0 Å². The molecule has 0 aromatic heterocycles. The second-order valence-electron chi connectivity index (χ2n) is 6.01. The number of nitrogens with one attached hydrogen (secondary N) is 1. The minimum atomic E-state index is 0.0603. The number of carbonyl (C=O) groups excluding carboxylic acids is 1. The van der Waals surface area contributed by atoms with E-state index in [0.29, 0.717) is 0 Å². The molecule has 0 atom stereocenters. The summed E-state index contributed by atoms with van der Waals surface area (Å²) in [6.45, 7) is 11.7. The van der Waals surface area contributed by atoms with Gasteiger partial charge in [0.2, 0.25) is 0 Å². The van der Waals surface area contributed by atoms with Crippen molar-refractivity contribution in [2.45, 2.75) is 40.2 Å². The lowest BCUT2D eigenvalue weighted by Crippen LogP contribution is -2.53. The fraction of sp³-hybridized carbons (Fsp3) is 0.588. The highest BCUT2D eigenvalue weighted by Crippen LogP contribution is 2.26. The minimum Gasteiger partial charge on any atom is -0.368 e. The molecule has 1 aromatic rings. The van der Waals surface area contributed by atoms with Gasteiger partial charge in [0.1, 0.15) is 0 Å². The topological polar surface area (TPSA) is 35.6 Å². The van der Waals surface area contributed by atoms with Gasteiger partial charge in [-0.3, -0.25) is 0 Å². The molecule has 0 unspecified atom stereocenters. The summed E-state index contributed by atoms with van der Waals surface area (Å²) in [7, 11) is 0. The molecule has 1 saturated heterocycles. The predicted molar refractivity (Wildman–Crippen MR) is 88.0 cm³/mol. The van der Waals surface area contributed by atoms with Gasteiger partial charge in [-0.15, -0.1) is 0 Å². The molecule has 1 N–H and O–H groups in total. The first-order valence-electron chi connectivity index (χ1n) is 7.91. The number of nitrogens with zero attached hydrogens (tertiary/aromatic N) is 2. The number of urea groups is 1. The zero-order chi connectivity index (χ0) is 15.4. The molecule has 21 heavy (non-hydrogen) atoms. The van der Waals surface area contributed by atoms with E-state index in [4.69, 9.17) is 0 Å². The van der Waals surface area contributed by atoms with Crippen LogP contribution in [0.25, 0.3) is 0 Å². The van der Waals surface area contributed by atoms with Crippen LogP contribution in [0, 0.1) is 6.92 Å². The zero-order valence-electron chi connectivity index (χ0n) is 13.6. The van der Waals surface area contributed by atoms with Crippen molar-refractivity contribution < 1.29 is 4.79 Å². The quantitative estimate of drug-likeness (QED) is 0.928. The average molecular weight is 289 g/mol. The standard InChI is InChI=1S/C17H27N3O/c1-5-15-8-6-7-14(4)16(15)19-9-11-20(12-10-19)17(21)18-13(2)3/h6-8,13H,5,9-12H2,1-4H3,(H,18,21). The number of rotatable bonds is 3. The van der Waals surface area contributed by atoms with E-state index < -0.39 is 0 Å². The van der Waals surface area contributed by atoms with Crippen LogP contribution in [0.4, 0.5) is 10.5 Å². The smallest absolute Gasteiger partial charge is 0.317 e.